The third-order valence-electron chi connectivity index (χ3n) is 4.46. The van der Waals surface area contributed by atoms with Gasteiger partial charge in [-0.3, -0.25) is 20.6 Å². The maximum Gasteiger partial charge on any atom is 0.0896 e. The van der Waals surface area contributed by atoms with E-state index >= 15 is 0 Å². The molecule has 124 valence electrons. The second-order valence-corrected chi connectivity index (χ2v) is 5.98. The van der Waals surface area contributed by atoms with Crippen LogP contribution in [0.2, 0.25) is 0 Å². The summed E-state index contributed by atoms with van der Waals surface area (Å²) in [6.07, 6.45) is 9.34. The largest absolute Gasteiger partial charge is 0.279 e. The molecule has 0 spiro atoms. The lowest BCUT2D eigenvalue weighted by Gasteiger charge is -2.29. The average molecular weight is 306 g/mol. The molecular formula is C18H30N2O2. The minimum absolute atomic E-state index is 1.06. The molecule has 0 bridgehead atoms. The van der Waals surface area contributed by atoms with Crippen molar-refractivity contribution in [1.82, 2.24) is 0 Å². The lowest BCUT2D eigenvalue weighted by molar-refractivity contribution is 0.262. The number of anilines is 2. The fourth-order valence-corrected chi connectivity index (χ4v) is 3.66. The van der Waals surface area contributed by atoms with Crippen molar-refractivity contribution in [3.05, 3.63) is 22.3 Å². The Hall–Kier alpha value is -1.26. The molecule has 2 rings (SSSR count). The Bertz CT molecular complexity index is 456. The molecule has 0 fully saturated rings. The Morgan fingerprint density at radius 3 is 1.91 bits per heavy atom. The van der Waals surface area contributed by atoms with E-state index in [0.29, 0.717) is 0 Å². The molecule has 4 nitrogen and oxygen atoms in total. The Labute approximate surface area is 134 Å². The van der Waals surface area contributed by atoms with Crippen molar-refractivity contribution in [2.45, 2.75) is 65.2 Å². The highest BCUT2D eigenvalue weighted by molar-refractivity contribution is 5.79. The van der Waals surface area contributed by atoms with Gasteiger partial charge in [0, 0.05) is 0 Å². The molecule has 1 aromatic carbocycles. The molecule has 0 unspecified atom stereocenters. The van der Waals surface area contributed by atoms with Crippen LogP contribution in [-0.2, 0) is 35.4 Å². The third-order valence-corrected chi connectivity index (χ3v) is 4.46. The van der Waals surface area contributed by atoms with Crippen LogP contribution in [0.15, 0.2) is 0 Å². The van der Waals surface area contributed by atoms with Crippen LogP contribution in [0.25, 0.3) is 0 Å². The van der Waals surface area contributed by atoms with Crippen LogP contribution >= 0.6 is 0 Å². The molecule has 2 N–H and O–H groups in total. The lowest BCUT2D eigenvalue weighted by Crippen LogP contribution is -2.17. The van der Waals surface area contributed by atoms with Gasteiger partial charge in [0.1, 0.15) is 0 Å². The Morgan fingerprint density at radius 2 is 1.32 bits per heavy atom. The van der Waals surface area contributed by atoms with Gasteiger partial charge in [-0.05, 0) is 60.8 Å². The summed E-state index contributed by atoms with van der Waals surface area (Å²) in [4.78, 5) is 10.5. The first kappa shape index (κ1) is 17.1. The summed E-state index contributed by atoms with van der Waals surface area (Å²) in [6, 6.07) is 0. The highest BCUT2D eigenvalue weighted by atomic mass is 16.6. The molecule has 4 heteroatoms. The molecule has 0 heterocycles. The molecule has 1 aliphatic rings. The Kier molecular flexibility index (Phi) is 6.52. The number of fused-ring (bicyclic) bond motifs is 1. The number of benzene rings is 1. The first-order valence-corrected chi connectivity index (χ1v) is 8.55. The maximum absolute atomic E-state index is 5.28. The minimum atomic E-state index is 1.06. The van der Waals surface area contributed by atoms with E-state index in [4.69, 9.17) is 9.68 Å². The molecule has 0 radical (unpaired) electrons. The number of hydrogen-bond donors (Lipinski definition) is 2. The molecule has 0 saturated heterocycles. The van der Waals surface area contributed by atoms with Crippen LogP contribution in [0.3, 0.4) is 0 Å². The summed E-state index contributed by atoms with van der Waals surface area (Å²) in [5.41, 5.74) is 14.3. The van der Waals surface area contributed by atoms with Gasteiger partial charge in [0.2, 0.25) is 0 Å². The normalized spacial score (nSPS) is 13.8. The van der Waals surface area contributed by atoms with Gasteiger partial charge >= 0.3 is 0 Å². The number of nitrogens with one attached hydrogen (secondary N) is 2. The molecule has 0 aromatic heterocycles. The van der Waals surface area contributed by atoms with Crippen LogP contribution in [0, 0.1) is 0 Å². The number of hydrogen-bond acceptors (Lipinski definition) is 4. The fraction of sp³-hybridized carbons (Fsp3) is 0.667. The Morgan fingerprint density at radius 1 is 0.773 bits per heavy atom. The number of rotatable bonds is 8. The van der Waals surface area contributed by atoms with Crippen molar-refractivity contribution in [2.24, 2.45) is 0 Å². The van der Waals surface area contributed by atoms with Crippen LogP contribution < -0.4 is 11.0 Å². The predicted molar refractivity (Wildman–Crippen MR) is 92.3 cm³/mol. The van der Waals surface area contributed by atoms with E-state index in [9.17, 15) is 0 Å². The molecule has 1 aromatic rings. The van der Waals surface area contributed by atoms with E-state index in [-0.39, 0.29) is 0 Å². The van der Waals surface area contributed by atoms with Crippen molar-refractivity contribution in [3.63, 3.8) is 0 Å². The fourth-order valence-electron chi connectivity index (χ4n) is 3.66. The molecule has 0 aliphatic heterocycles. The van der Waals surface area contributed by atoms with Gasteiger partial charge in [-0.25, -0.2) is 0 Å². The third kappa shape index (κ3) is 3.39. The average Bonchev–Trinajstić information content (AvgIpc) is 2.54. The van der Waals surface area contributed by atoms with Crippen molar-refractivity contribution >= 4 is 11.4 Å². The van der Waals surface area contributed by atoms with Crippen LogP contribution in [0.5, 0.6) is 0 Å². The summed E-state index contributed by atoms with van der Waals surface area (Å²) in [7, 11) is 3.34. The van der Waals surface area contributed by atoms with E-state index in [1.165, 1.54) is 36.8 Å². The molecule has 0 saturated carbocycles. The van der Waals surface area contributed by atoms with E-state index in [1.807, 2.05) is 0 Å². The maximum atomic E-state index is 5.28. The highest BCUT2D eigenvalue weighted by Gasteiger charge is 2.24. The molecule has 1 aliphatic carbocycles. The van der Waals surface area contributed by atoms with Crippen LogP contribution in [0.4, 0.5) is 11.4 Å². The van der Waals surface area contributed by atoms with Gasteiger partial charge in [-0.2, -0.15) is 0 Å². The van der Waals surface area contributed by atoms with Gasteiger partial charge in [-0.1, -0.05) is 26.7 Å². The predicted octanol–water partition coefficient (Wildman–Crippen LogP) is 4.42. The minimum Gasteiger partial charge on any atom is -0.279 e. The molecule has 0 amide bonds. The second-order valence-electron chi connectivity index (χ2n) is 5.98. The Balaban J connectivity index is 2.67. The molecule has 0 atom stereocenters. The molecule has 22 heavy (non-hydrogen) atoms. The van der Waals surface area contributed by atoms with Gasteiger partial charge in [-0.15, -0.1) is 0 Å². The standard InChI is InChI=1S/C18H30N2O2/c1-5-9-13-14-11-7-8-12-16(14)18(20-22-4)17(19-21-3)15(13)10-6-2/h19-20H,5-12H2,1-4H3. The SMILES string of the molecule is CCCc1c2c(c(NOC)c(NOC)c1CCC)CCCC2. The second kappa shape index (κ2) is 8.39. The van der Waals surface area contributed by atoms with Crippen LogP contribution in [0.1, 0.15) is 61.8 Å². The summed E-state index contributed by atoms with van der Waals surface area (Å²) in [5.74, 6) is 0. The topological polar surface area (TPSA) is 42.5 Å². The van der Waals surface area contributed by atoms with E-state index < -0.39 is 0 Å². The van der Waals surface area contributed by atoms with Gasteiger partial charge in [0.15, 0.2) is 0 Å². The van der Waals surface area contributed by atoms with Crippen LogP contribution in [-0.4, -0.2) is 14.2 Å². The smallest absolute Gasteiger partial charge is 0.0896 e. The monoisotopic (exact) mass is 306 g/mol. The highest BCUT2D eigenvalue weighted by Crippen LogP contribution is 2.41. The van der Waals surface area contributed by atoms with Gasteiger partial charge in [0.25, 0.3) is 0 Å². The summed E-state index contributed by atoms with van der Waals surface area (Å²) < 4.78 is 0. The van der Waals surface area contributed by atoms with Crippen molar-refractivity contribution in [2.75, 3.05) is 25.2 Å². The van der Waals surface area contributed by atoms with E-state index in [1.54, 1.807) is 25.3 Å². The first-order valence-electron chi connectivity index (χ1n) is 8.55. The summed E-state index contributed by atoms with van der Waals surface area (Å²) in [6.45, 7) is 4.49. The molecular weight excluding hydrogens is 276 g/mol. The first-order chi connectivity index (χ1) is 10.8. The van der Waals surface area contributed by atoms with Crippen molar-refractivity contribution in [1.29, 1.82) is 0 Å². The van der Waals surface area contributed by atoms with Crippen molar-refractivity contribution in [3.8, 4) is 0 Å². The summed E-state index contributed by atoms with van der Waals surface area (Å²) >= 11 is 0. The van der Waals surface area contributed by atoms with E-state index in [0.717, 1.165) is 37.1 Å². The van der Waals surface area contributed by atoms with E-state index in [2.05, 4.69) is 24.8 Å². The quantitative estimate of drug-likeness (QED) is 0.698. The summed E-state index contributed by atoms with van der Waals surface area (Å²) in [5, 5.41) is 0. The van der Waals surface area contributed by atoms with Gasteiger partial charge in [0.05, 0.1) is 25.6 Å². The lowest BCUT2D eigenvalue weighted by atomic mass is 9.81. The zero-order chi connectivity index (χ0) is 15.9. The zero-order valence-electron chi connectivity index (χ0n) is 14.5. The zero-order valence-corrected chi connectivity index (χ0v) is 14.5. The van der Waals surface area contributed by atoms with Crippen molar-refractivity contribution < 1.29 is 9.68 Å². The van der Waals surface area contributed by atoms with Gasteiger partial charge < -0.3 is 0 Å².